The summed E-state index contributed by atoms with van der Waals surface area (Å²) >= 11 is 0. The van der Waals surface area contributed by atoms with Crippen LogP contribution in [0.15, 0.2) is 26.9 Å². The standard InChI is InChI=1S/C13H17N3O8S/c1-6-3-16(12(20)15(2)10(6)19)11-9(18)13(8(4-17)23-11)7(14)5-25(21,22)24-13/h3,5,8-9,11,17-18H,4,14H2,1-2H3/t8-,9+,11-,13-/m1/s1. The topological polar surface area (TPSA) is 163 Å². The largest absolute Gasteiger partial charge is 0.399 e. The number of ether oxygens (including phenoxy) is 1. The van der Waals surface area contributed by atoms with Crippen molar-refractivity contribution >= 4 is 10.1 Å². The van der Waals surface area contributed by atoms with Gasteiger partial charge in [0, 0.05) is 18.8 Å². The van der Waals surface area contributed by atoms with Gasteiger partial charge in [0.05, 0.1) is 17.7 Å². The molecule has 0 aromatic carbocycles. The fourth-order valence-corrected chi connectivity index (χ4v) is 4.37. The first-order valence-corrected chi connectivity index (χ1v) is 8.68. The third-order valence-electron chi connectivity index (χ3n) is 4.39. The number of hydrogen-bond donors (Lipinski definition) is 3. The second kappa shape index (κ2) is 5.51. The summed E-state index contributed by atoms with van der Waals surface area (Å²) in [5.41, 5.74) is 2.20. The first-order chi connectivity index (χ1) is 11.5. The minimum absolute atomic E-state index is 0.197. The fourth-order valence-electron chi connectivity index (χ4n) is 3.14. The van der Waals surface area contributed by atoms with E-state index in [0.29, 0.717) is 5.41 Å². The molecular formula is C13H17N3O8S. The molecule has 4 atom stereocenters. The molecule has 12 heteroatoms. The molecule has 0 bridgehead atoms. The Morgan fingerprint density at radius 1 is 1.40 bits per heavy atom. The van der Waals surface area contributed by atoms with Gasteiger partial charge in [-0.05, 0) is 6.92 Å². The molecule has 25 heavy (non-hydrogen) atoms. The third kappa shape index (κ3) is 2.37. The lowest BCUT2D eigenvalue weighted by atomic mass is 9.89. The van der Waals surface area contributed by atoms with Crippen LogP contribution < -0.4 is 17.0 Å². The van der Waals surface area contributed by atoms with Crippen molar-refractivity contribution in [2.24, 2.45) is 12.8 Å². The molecule has 1 aromatic heterocycles. The Bertz CT molecular complexity index is 978. The molecule has 0 saturated carbocycles. The zero-order valence-corrected chi connectivity index (χ0v) is 14.1. The lowest BCUT2D eigenvalue weighted by molar-refractivity contribution is -0.0594. The van der Waals surface area contributed by atoms with E-state index >= 15 is 0 Å². The Balaban J connectivity index is 2.16. The smallest absolute Gasteiger partial charge is 0.332 e. The maximum absolute atomic E-state index is 12.3. The Hall–Kier alpha value is -1.99. The SMILES string of the molecule is Cc1cn([C@@H]2O[C@H](CO)[C@@]3(OS(=O)(=O)C=C3N)[C@H]2O)c(=O)n(C)c1=O. The maximum Gasteiger partial charge on any atom is 0.332 e. The predicted octanol–water partition coefficient (Wildman–Crippen LogP) is -3.00. The molecule has 0 amide bonds. The number of aromatic nitrogens is 2. The summed E-state index contributed by atoms with van der Waals surface area (Å²) in [7, 11) is -2.93. The minimum atomic E-state index is -4.18. The van der Waals surface area contributed by atoms with Crippen LogP contribution in [-0.2, 0) is 26.1 Å². The van der Waals surface area contributed by atoms with Crippen LogP contribution in [-0.4, -0.2) is 52.2 Å². The lowest BCUT2D eigenvalue weighted by Crippen LogP contribution is -2.53. The average Bonchev–Trinajstić information content (AvgIpc) is 2.95. The molecule has 2 aliphatic heterocycles. The van der Waals surface area contributed by atoms with Crippen LogP contribution >= 0.6 is 0 Å². The third-order valence-corrected chi connectivity index (χ3v) is 5.44. The number of aliphatic hydroxyl groups excluding tert-OH is 2. The van der Waals surface area contributed by atoms with E-state index in [2.05, 4.69) is 0 Å². The first-order valence-electron chi connectivity index (χ1n) is 7.21. The van der Waals surface area contributed by atoms with E-state index in [1.54, 1.807) is 0 Å². The number of rotatable bonds is 2. The summed E-state index contributed by atoms with van der Waals surface area (Å²) in [5, 5.41) is 20.9. The van der Waals surface area contributed by atoms with Gasteiger partial charge in [-0.1, -0.05) is 0 Å². The molecule has 138 valence electrons. The highest BCUT2D eigenvalue weighted by Gasteiger charge is 2.64. The lowest BCUT2D eigenvalue weighted by Gasteiger charge is -2.30. The summed E-state index contributed by atoms with van der Waals surface area (Å²) in [5.74, 6) is 0. The van der Waals surface area contributed by atoms with Crippen molar-refractivity contribution < 1.29 is 27.6 Å². The van der Waals surface area contributed by atoms with E-state index < -0.39 is 52.0 Å². The van der Waals surface area contributed by atoms with Gasteiger partial charge in [0.2, 0.25) is 0 Å². The second-order valence-corrected chi connectivity index (χ2v) is 7.34. The highest BCUT2D eigenvalue weighted by Crippen LogP contribution is 2.46. The zero-order chi connectivity index (χ0) is 18.7. The highest BCUT2D eigenvalue weighted by molar-refractivity contribution is 7.90. The molecule has 0 radical (unpaired) electrons. The summed E-state index contributed by atoms with van der Waals surface area (Å²) in [6.07, 6.45) is -3.32. The van der Waals surface area contributed by atoms with Gasteiger partial charge < -0.3 is 20.7 Å². The van der Waals surface area contributed by atoms with Crippen LogP contribution in [0.4, 0.5) is 0 Å². The van der Waals surface area contributed by atoms with Crippen LogP contribution in [0.5, 0.6) is 0 Å². The molecule has 1 spiro atoms. The number of hydrogen-bond acceptors (Lipinski definition) is 9. The van der Waals surface area contributed by atoms with Crippen LogP contribution in [0.3, 0.4) is 0 Å². The fraction of sp³-hybridized carbons (Fsp3) is 0.538. The molecule has 4 N–H and O–H groups in total. The summed E-state index contributed by atoms with van der Waals surface area (Å²) in [6.45, 7) is 0.737. The molecule has 0 aliphatic carbocycles. The van der Waals surface area contributed by atoms with Gasteiger partial charge in [0.1, 0.15) is 12.2 Å². The molecule has 3 rings (SSSR count). The number of nitrogens with two attached hydrogens (primary N) is 1. The van der Waals surface area contributed by atoms with Gasteiger partial charge in [-0.15, -0.1) is 0 Å². The van der Waals surface area contributed by atoms with E-state index in [4.69, 9.17) is 14.7 Å². The first kappa shape index (κ1) is 17.8. The summed E-state index contributed by atoms with van der Waals surface area (Å²) in [6, 6.07) is 0. The Morgan fingerprint density at radius 2 is 2.04 bits per heavy atom. The summed E-state index contributed by atoms with van der Waals surface area (Å²) in [4.78, 5) is 24.2. The molecule has 11 nitrogen and oxygen atoms in total. The molecule has 1 saturated heterocycles. The Kier molecular flexibility index (Phi) is 3.92. The zero-order valence-electron chi connectivity index (χ0n) is 13.3. The second-order valence-electron chi connectivity index (χ2n) is 5.95. The van der Waals surface area contributed by atoms with Gasteiger partial charge in [-0.2, -0.15) is 8.42 Å². The van der Waals surface area contributed by atoms with Gasteiger partial charge in [0.25, 0.3) is 15.7 Å². The van der Waals surface area contributed by atoms with Gasteiger partial charge in [-0.25, -0.2) is 8.98 Å². The van der Waals surface area contributed by atoms with Crippen molar-refractivity contribution in [1.82, 2.24) is 9.13 Å². The molecular weight excluding hydrogens is 358 g/mol. The van der Waals surface area contributed by atoms with Crippen LogP contribution in [0.2, 0.25) is 0 Å². The van der Waals surface area contributed by atoms with Gasteiger partial charge >= 0.3 is 5.69 Å². The van der Waals surface area contributed by atoms with E-state index in [0.717, 1.165) is 9.13 Å². The van der Waals surface area contributed by atoms with Gasteiger partial charge in [-0.3, -0.25) is 13.9 Å². The predicted molar refractivity (Wildman–Crippen MR) is 82.7 cm³/mol. The number of nitrogens with zero attached hydrogens (tertiary/aromatic N) is 2. The molecule has 3 heterocycles. The van der Waals surface area contributed by atoms with Gasteiger partial charge in [0.15, 0.2) is 11.8 Å². The minimum Gasteiger partial charge on any atom is -0.399 e. The van der Waals surface area contributed by atoms with Crippen molar-refractivity contribution in [3.05, 3.63) is 43.7 Å². The van der Waals surface area contributed by atoms with E-state index in [1.807, 2.05) is 0 Å². The normalized spacial score (nSPS) is 33.8. The Morgan fingerprint density at radius 3 is 2.56 bits per heavy atom. The molecule has 0 unspecified atom stereocenters. The molecule has 1 aromatic rings. The highest BCUT2D eigenvalue weighted by atomic mass is 32.2. The maximum atomic E-state index is 12.3. The molecule has 2 aliphatic rings. The van der Waals surface area contributed by atoms with Crippen molar-refractivity contribution in [1.29, 1.82) is 0 Å². The van der Waals surface area contributed by atoms with E-state index in [-0.39, 0.29) is 11.3 Å². The average molecular weight is 375 g/mol. The van der Waals surface area contributed by atoms with Crippen LogP contribution in [0, 0.1) is 6.92 Å². The summed E-state index contributed by atoms with van der Waals surface area (Å²) < 4.78 is 35.6. The quantitative estimate of drug-likeness (QED) is 0.457. The number of aryl methyl sites for hydroxylation is 1. The Labute approximate surface area is 141 Å². The van der Waals surface area contributed by atoms with Crippen molar-refractivity contribution in [2.45, 2.75) is 31.0 Å². The number of aliphatic hydroxyl groups is 2. The van der Waals surface area contributed by atoms with E-state index in [9.17, 15) is 28.2 Å². The van der Waals surface area contributed by atoms with Crippen LogP contribution in [0.1, 0.15) is 11.8 Å². The van der Waals surface area contributed by atoms with Crippen molar-refractivity contribution in [2.75, 3.05) is 6.61 Å². The molecule has 1 fully saturated rings. The van der Waals surface area contributed by atoms with E-state index in [1.165, 1.54) is 20.2 Å². The van der Waals surface area contributed by atoms with Crippen molar-refractivity contribution in [3.8, 4) is 0 Å². The monoisotopic (exact) mass is 375 g/mol. The van der Waals surface area contributed by atoms with Crippen molar-refractivity contribution in [3.63, 3.8) is 0 Å². The van der Waals surface area contributed by atoms with Crippen LogP contribution in [0.25, 0.3) is 0 Å².